The molecule has 0 aliphatic heterocycles. The molecule has 14 heavy (non-hydrogen) atoms. The van der Waals surface area contributed by atoms with Gasteiger partial charge in [-0.15, -0.1) is 0 Å². The maximum absolute atomic E-state index is 5.59. The van der Waals surface area contributed by atoms with Crippen LogP contribution in [0.25, 0.3) is 0 Å². The third-order valence-corrected chi connectivity index (χ3v) is 2.72. The number of nitrogens with two attached hydrogens (primary N) is 1. The standard InChI is InChI=1S/C11H27N3/c1-5-14(6-2)8-7-13(4)10-11(3)9-12/h11H,5-10,12H2,1-4H3. The number of hydrogen-bond donors (Lipinski definition) is 1. The van der Waals surface area contributed by atoms with Gasteiger partial charge in [-0.1, -0.05) is 20.8 Å². The van der Waals surface area contributed by atoms with E-state index in [2.05, 4.69) is 37.6 Å². The van der Waals surface area contributed by atoms with Crippen LogP contribution in [-0.2, 0) is 0 Å². The molecule has 0 aromatic carbocycles. The lowest BCUT2D eigenvalue weighted by atomic mass is 10.2. The van der Waals surface area contributed by atoms with Crippen molar-refractivity contribution in [3.63, 3.8) is 0 Å². The molecule has 0 amide bonds. The molecule has 0 spiro atoms. The number of hydrogen-bond acceptors (Lipinski definition) is 3. The summed E-state index contributed by atoms with van der Waals surface area (Å²) in [6, 6.07) is 0. The van der Waals surface area contributed by atoms with E-state index in [4.69, 9.17) is 5.73 Å². The molecule has 0 radical (unpaired) electrons. The van der Waals surface area contributed by atoms with Gasteiger partial charge in [-0.25, -0.2) is 0 Å². The van der Waals surface area contributed by atoms with Crippen LogP contribution in [0.15, 0.2) is 0 Å². The monoisotopic (exact) mass is 201 g/mol. The molecule has 0 fully saturated rings. The van der Waals surface area contributed by atoms with Crippen molar-refractivity contribution in [3.8, 4) is 0 Å². The first-order valence-electron chi connectivity index (χ1n) is 5.74. The van der Waals surface area contributed by atoms with E-state index in [-0.39, 0.29) is 0 Å². The van der Waals surface area contributed by atoms with E-state index < -0.39 is 0 Å². The van der Waals surface area contributed by atoms with Crippen LogP contribution in [0, 0.1) is 5.92 Å². The molecule has 2 N–H and O–H groups in total. The van der Waals surface area contributed by atoms with Crippen LogP contribution in [0.1, 0.15) is 20.8 Å². The number of likely N-dealkylation sites (N-methyl/N-ethyl adjacent to an activating group) is 2. The fraction of sp³-hybridized carbons (Fsp3) is 1.00. The highest BCUT2D eigenvalue weighted by molar-refractivity contribution is 4.62. The summed E-state index contributed by atoms with van der Waals surface area (Å²) in [5, 5.41) is 0. The van der Waals surface area contributed by atoms with E-state index in [1.807, 2.05) is 0 Å². The summed E-state index contributed by atoms with van der Waals surface area (Å²) >= 11 is 0. The lowest BCUT2D eigenvalue weighted by molar-refractivity contribution is 0.224. The molecule has 86 valence electrons. The molecule has 3 heteroatoms. The second kappa shape index (κ2) is 8.21. The van der Waals surface area contributed by atoms with E-state index in [1.54, 1.807) is 0 Å². The van der Waals surface area contributed by atoms with Crippen molar-refractivity contribution >= 4 is 0 Å². The SMILES string of the molecule is CCN(CC)CCN(C)CC(C)CN. The first kappa shape index (κ1) is 13.9. The molecule has 0 aliphatic rings. The maximum Gasteiger partial charge on any atom is 0.0109 e. The Labute approximate surface area is 89.2 Å². The zero-order chi connectivity index (χ0) is 11.0. The predicted octanol–water partition coefficient (Wildman–Crippen LogP) is 0.855. The van der Waals surface area contributed by atoms with Crippen LogP contribution < -0.4 is 5.73 Å². The van der Waals surface area contributed by atoms with Gasteiger partial charge in [-0.2, -0.15) is 0 Å². The van der Waals surface area contributed by atoms with Crippen molar-refractivity contribution in [3.05, 3.63) is 0 Å². The van der Waals surface area contributed by atoms with E-state index in [0.717, 1.165) is 32.7 Å². The minimum atomic E-state index is 0.608. The Morgan fingerprint density at radius 3 is 2.14 bits per heavy atom. The summed E-state index contributed by atoms with van der Waals surface area (Å²) in [5.74, 6) is 0.608. The van der Waals surface area contributed by atoms with Gasteiger partial charge in [-0.05, 0) is 32.6 Å². The zero-order valence-electron chi connectivity index (χ0n) is 10.3. The van der Waals surface area contributed by atoms with Crippen LogP contribution >= 0.6 is 0 Å². The van der Waals surface area contributed by atoms with Crippen molar-refractivity contribution in [2.24, 2.45) is 11.7 Å². The Hall–Kier alpha value is -0.120. The van der Waals surface area contributed by atoms with E-state index >= 15 is 0 Å². The van der Waals surface area contributed by atoms with Crippen molar-refractivity contribution in [1.29, 1.82) is 0 Å². The Balaban J connectivity index is 3.56. The smallest absolute Gasteiger partial charge is 0.0109 e. The van der Waals surface area contributed by atoms with Crippen LogP contribution in [0.5, 0.6) is 0 Å². The summed E-state index contributed by atoms with van der Waals surface area (Å²) in [4.78, 5) is 4.82. The molecular weight excluding hydrogens is 174 g/mol. The first-order chi connectivity index (χ1) is 6.63. The van der Waals surface area contributed by atoms with Crippen molar-refractivity contribution in [2.45, 2.75) is 20.8 Å². The van der Waals surface area contributed by atoms with Crippen LogP contribution in [0.3, 0.4) is 0 Å². The van der Waals surface area contributed by atoms with Crippen molar-refractivity contribution < 1.29 is 0 Å². The summed E-state index contributed by atoms with van der Waals surface area (Å²) < 4.78 is 0. The third kappa shape index (κ3) is 6.35. The lowest BCUT2D eigenvalue weighted by Gasteiger charge is -2.24. The van der Waals surface area contributed by atoms with Gasteiger partial charge in [0.05, 0.1) is 0 Å². The van der Waals surface area contributed by atoms with Crippen LogP contribution in [0.2, 0.25) is 0 Å². The second-order valence-electron chi connectivity index (χ2n) is 4.13. The highest BCUT2D eigenvalue weighted by atomic mass is 15.2. The summed E-state index contributed by atoms with van der Waals surface area (Å²) in [6.45, 7) is 13.1. The fourth-order valence-corrected chi connectivity index (χ4v) is 1.55. The first-order valence-corrected chi connectivity index (χ1v) is 5.74. The van der Waals surface area contributed by atoms with Gasteiger partial charge >= 0.3 is 0 Å². The van der Waals surface area contributed by atoms with Crippen molar-refractivity contribution in [2.75, 3.05) is 46.3 Å². The molecular formula is C11H27N3. The maximum atomic E-state index is 5.59. The Kier molecular flexibility index (Phi) is 8.14. The topological polar surface area (TPSA) is 32.5 Å². The van der Waals surface area contributed by atoms with Crippen molar-refractivity contribution in [1.82, 2.24) is 9.80 Å². The summed E-state index contributed by atoms with van der Waals surface area (Å²) in [7, 11) is 2.18. The Morgan fingerprint density at radius 1 is 1.14 bits per heavy atom. The minimum Gasteiger partial charge on any atom is -0.330 e. The fourth-order valence-electron chi connectivity index (χ4n) is 1.55. The van der Waals surface area contributed by atoms with Gasteiger partial charge in [0, 0.05) is 19.6 Å². The quantitative estimate of drug-likeness (QED) is 0.632. The van der Waals surface area contributed by atoms with Gasteiger partial charge < -0.3 is 15.5 Å². The molecule has 0 saturated carbocycles. The van der Waals surface area contributed by atoms with Gasteiger partial charge in [0.2, 0.25) is 0 Å². The molecule has 3 nitrogen and oxygen atoms in total. The molecule has 1 atom stereocenters. The zero-order valence-corrected chi connectivity index (χ0v) is 10.3. The molecule has 0 bridgehead atoms. The molecule has 0 rings (SSSR count). The average Bonchev–Trinajstić information content (AvgIpc) is 2.19. The van der Waals surface area contributed by atoms with E-state index in [0.29, 0.717) is 5.92 Å². The predicted molar refractivity (Wildman–Crippen MR) is 63.5 cm³/mol. The summed E-state index contributed by atoms with van der Waals surface area (Å²) in [6.07, 6.45) is 0. The van der Waals surface area contributed by atoms with Gasteiger partial charge in [-0.3, -0.25) is 0 Å². The second-order valence-corrected chi connectivity index (χ2v) is 4.13. The van der Waals surface area contributed by atoms with Gasteiger partial charge in [0.25, 0.3) is 0 Å². The number of rotatable bonds is 8. The third-order valence-electron chi connectivity index (χ3n) is 2.72. The van der Waals surface area contributed by atoms with Gasteiger partial charge in [0.15, 0.2) is 0 Å². The molecule has 0 aliphatic carbocycles. The van der Waals surface area contributed by atoms with E-state index in [1.165, 1.54) is 6.54 Å². The van der Waals surface area contributed by atoms with Crippen LogP contribution in [-0.4, -0.2) is 56.1 Å². The molecule has 0 saturated heterocycles. The molecule has 0 heterocycles. The van der Waals surface area contributed by atoms with Gasteiger partial charge in [0.1, 0.15) is 0 Å². The molecule has 1 unspecified atom stereocenters. The normalized spacial score (nSPS) is 13.9. The summed E-state index contributed by atoms with van der Waals surface area (Å²) in [5.41, 5.74) is 5.59. The van der Waals surface area contributed by atoms with E-state index in [9.17, 15) is 0 Å². The number of nitrogens with zero attached hydrogens (tertiary/aromatic N) is 2. The average molecular weight is 201 g/mol. The van der Waals surface area contributed by atoms with Crippen LogP contribution in [0.4, 0.5) is 0 Å². The lowest BCUT2D eigenvalue weighted by Crippen LogP contribution is -2.36. The molecule has 0 aromatic rings. The molecule has 0 aromatic heterocycles. The largest absolute Gasteiger partial charge is 0.330 e. The highest BCUT2D eigenvalue weighted by Crippen LogP contribution is 1.96. The Morgan fingerprint density at radius 2 is 1.71 bits per heavy atom. The minimum absolute atomic E-state index is 0.608. The Bertz CT molecular complexity index is 124. The highest BCUT2D eigenvalue weighted by Gasteiger charge is 2.05.